The fraction of sp³-hybridized carbons (Fsp3) is 0.292. The summed E-state index contributed by atoms with van der Waals surface area (Å²) in [6, 6.07) is 22.3. The molecule has 66 heavy (non-hydrogen) atoms. The van der Waals surface area contributed by atoms with Crippen LogP contribution in [-0.2, 0) is 22.7 Å². The van der Waals surface area contributed by atoms with Crippen LogP contribution in [0.2, 0.25) is 0 Å². The number of likely N-dealkylation sites (tertiary alicyclic amines) is 2. The van der Waals surface area contributed by atoms with E-state index >= 15 is 19.2 Å². The molecule has 18 heteroatoms. The summed E-state index contributed by atoms with van der Waals surface area (Å²) in [6.45, 7) is 6.73. The molecule has 4 aliphatic rings. The average molecular weight is 887 g/mol. The van der Waals surface area contributed by atoms with Crippen molar-refractivity contribution in [2.24, 2.45) is 0 Å². The highest BCUT2D eigenvalue weighted by atomic mass is 16.3. The molecule has 0 atom stereocenters. The van der Waals surface area contributed by atoms with E-state index < -0.39 is 47.0 Å². The monoisotopic (exact) mass is 886 g/mol. The molecular weight excluding hydrogens is 841 g/mol. The van der Waals surface area contributed by atoms with Gasteiger partial charge in [-0.3, -0.25) is 39.2 Å². The van der Waals surface area contributed by atoms with Gasteiger partial charge in [0.2, 0.25) is 0 Å². The Balaban J connectivity index is 1.07. The molecule has 0 bridgehead atoms. The van der Waals surface area contributed by atoms with Crippen LogP contribution >= 0.6 is 0 Å². The van der Waals surface area contributed by atoms with Gasteiger partial charge in [-0.25, -0.2) is 29.4 Å². The van der Waals surface area contributed by atoms with E-state index in [9.17, 15) is 10.2 Å². The van der Waals surface area contributed by atoms with Gasteiger partial charge in [-0.1, -0.05) is 48.5 Å². The lowest BCUT2D eigenvalue weighted by Crippen LogP contribution is -2.57. The van der Waals surface area contributed by atoms with Crippen molar-refractivity contribution in [3.05, 3.63) is 132 Å². The van der Waals surface area contributed by atoms with Crippen molar-refractivity contribution in [1.82, 2.24) is 39.7 Å². The van der Waals surface area contributed by atoms with E-state index in [2.05, 4.69) is 39.7 Å². The molecule has 4 saturated heterocycles. The number of benzene rings is 2. The van der Waals surface area contributed by atoms with Gasteiger partial charge in [0.05, 0.1) is 22.8 Å². The zero-order chi connectivity index (χ0) is 45.7. The van der Waals surface area contributed by atoms with E-state index in [1.165, 1.54) is 34.3 Å². The molecule has 8 heterocycles. The highest BCUT2D eigenvalue weighted by Crippen LogP contribution is 2.49. The van der Waals surface area contributed by atoms with Gasteiger partial charge in [-0.2, -0.15) is 9.97 Å². The first-order valence-electron chi connectivity index (χ1n) is 21.8. The summed E-state index contributed by atoms with van der Waals surface area (Å²) < 4.78 is 0. The van der Waals surface area contributed by atoms with Gasteiger partial charge in [-0.15, -0.1) is 0 Å². The summed E-state index contributed by atoms with van der Waals surface area (Å²) in [5.41, 5.74) is 2.33. The van der Waals surface area contributed by atoms with Crippen LogP contribution in [0.5, 0.6) is 12.0 Å². The van der Waals surface area contributed by atoms with Crippen LogP contribution in [0.4, 0.5) is 32.6 Å². The van der Waals surface area contributed by atoms with E-state index in [4.69, 9.17) is 0 Å². The first kappa shape index (κ1) is 42.3. The Hall–Kier alpha value is -7.70. The van der Waals surface area contributed by atoms with Crippen molar-refractivity contribution in [1.29, 1.82) is 0 Å². The molecule has 2 spiro atoms. The third kappa shape index (κ3) is 7.14. The second-order valence-electron chi connectivity index (χ2n) is 17.2. The van der Waals surface area contributed by atoms with Crippen LogP contribution in [0.15, 0.2) is 110 Å². The zero-order valence-electron chi connectivity index (χ0n) is 36.4. The number of aryl methyl sites for hydroxylation is 2. The van der Waals surface area contributed by atoms with E-state index in [-0.39, 0.29) is 48.7 Å². The smallest absolute Gasteiger partial charge is 0.338 e. The topological polar surface area (TPSA) is 206 Å². The molecular formula is C48H46N12O6. The van der Waals surface area contributed by atoms with Gasteiger partial charge in [-0.05, 0) is 98.2 Å². The number of urea groups is 2. The van der Waals surface area contributed by atoms with E-state index in [0.29, 0.717) is 44.8 Å². The molecule has 4 aliphatic heterocycles. The van der Waals surface area contributed by atoms with E-state index in [1.807, 2.05) is 68.4 Å². The maximum atomic E-state index is 15.6. The number of pyridine rings is 2. The number of piperidine rings is 2. The molecule has 6 aromatic rings. The molecule has 10 rings (SSSR count). The normalized spacial score (nSPS) is 18.6. The number of carbonyl (C=O) groups is 4. The fourth-order valence-electron chi connectivity index (χ4n) is 9.86. The standard InChI is InChI=1S/C48H46N12O6/c1-31-8-6-20-49-35(31)29-55-24-16-47(17-25-55)41(61)57(45(65)59(47)39-14-22-51-43(63)53-39)37-13-12-34(33-10-4-3-5-11-33)28-38(37)58-42(62)48(60(46(58)66)40-15-23-52-44(64)54-40)18-26-56(27-19-48)30-36-32(2)9-7-21-50-36/h3-15,20-23,28H,16-19,24-27,29-30H2,1-2H3,(H,51,53,63)(H,52,54,64). The number of anilines is 4. The second-order valence-corrected chi connectivity index (χ2v) is 17.2. The fourth-order valence-corrected chi connectivity index (χ4v) is 9.86. The van der Waals surface area contributed by atoms with Gasteiger partial charge in [0, 0.05) is 64.1 Å². The number of imide groups is 2. The zero-order valence-corrected chi connectivity index (χ0v) is 36.4. The summed E-state index contributed by atoms with van der Waals surface area (Å²) in [7, 11) is 0. The van der Waals surface area contributed by atoms with Crippen molar-refractivity contribution >= 4 is 46.9 Å². The van der Waals surface area contributed by atoms with Gasteiger partial charge in [0.25, 0.3) is 11.8 Å². The Morgan fingerprint density at radius 3 is 1.44 bits per heavy atom. The molecule has 6 amide bonds. The number of carbonyl (C=O) groups excluding carboxylic acids is 4. The van der Waals surface area contributed by atoms with Crippen LogP contribution in [-0.4, -0.2) is 111 Å². The van der Waals surface area contributed by atoms with Gasteiger partial charge >= 0.3 is 24.1 Å². The summed E-state index contributed by atoms with van der Waals surface area (Å²) in [6.07, 6.45) is 6.92. The average Bonchev–Trinajstić information content (AvgIpc) is 3.66. The summed E-state index contributed by atoms with van der Waals surface area (Å²) >= 11 is 0. The Morgan fingerprint density at radius 1 is 0.515 bits per heavy atom. The van der Waals surface area contributed by atoms with Gasteiger partial charge in [0.15, 0.2) is 0 Å². The molecule has 2 N–H and O–H groups in total. The number of amides is 6. The quantitative estimate of drug-likeness (QED) is 0.166. The largest absolute Gasteiger partial charge is 0.479 e. The Bertz CT molecular complexity index is 2880. The first-order valence-corrected chi connectivity index (χ1v) is 21.8. The molecule has 4 fully saturated rings. The SMILES string of the molecule is Cc1cccnc1CN1CCC2(CC1)C(=O)N(c1ccc(-c3ccccc3)cc1N1C(=O)N(c3ccnc(O)n3)C3(CCN(Cc4ncccc4C)CC3)C1=O)C(=O)N2c1ccnc(O)n1. The summed E-state index contributed by atoms with van der Waals surface area (Å²) in [5.74, 6) is -1.10. The van der Waals surface area contributed by atoms with Gasteiger partial charge in [0.1, 0.15) is 22.7 Å². The minimum atomic E-state index is -1.48. The molecule has 2 aromatic carbocycles. The predicted octanol–water partition coefficient (Wildman–Crippen LogP) is 5.77. The molecule has 334 valence electrons. The van der Waals surface area contributed by atoms with Crippen LogP contribution in [0.1, 0.15) is 48.2 Å². The summed E-state index contributed by atoms with van der Waals surface area (Å²) in [5, 5.41) is 21.0. The van der Waals surface area contributed by atoms with Crippen LogP contribution in [0, 0.1) is 13.8 Å². The number of hydrogen-bond acceptors (Lipinski definition) is 14. The molecule has 0 saturated carbocycles. The van der Waals surface area contributed by atoms with Gasteiger partial charge < -0.3 is 10.2 Å². The Labute approximate surface area is 379 Å². The number of rotatable bonds is 9. The number of aromatic hydroxyl groups is 2. The van der Waals surface area contributed by atoms with E-state index in [0.717, 1.165) is 37.9 Å². The van der Waals surface area contributed by atoms with E-state index in [1.54, 1.807) is 30.6 Å². The molecule has 18 nitrogen and oxygen atoms in total. The van der Waals surface area contributed by atoms with Crippen molar-refractivity contribution in [2.75, 3.05) is 45.8 Å². The molecule has 0 aliphatic carbocycles. The first-order chi connectivity index (χ1) is 32.0. The lowest BCUT2D eigenvalue weighted by atomic mass is 9.85. The van der Waals surface area contributed by atoms with Crippen LogP contribution in [0.25, 0.3) is 11.1 Å². The maximum absolute atomic E-state index is 15.6. The van der Waals surface area contributed by atoms with Crippen LogP contribution in [0.3, 0.4) is 0 Å². The van der Waals surface area contributed by atoms with Crippen molar-refractivity contribution in [3.63, 3.8) is 0 Å². The molecule has 0 unspecified atom stereocenters. The van der Waals surface area contributed by atoms with Crippen molar-refractivity contribution in [2.45, 2.75) is 63.7 Å². The third-order valence-electron chi connectivity index (χ3n) is 13.5. The van der Waals surface area contributed by atoms with Crippen molar-refractivity contribution < 1.29 is 29.4 Å². The molecule has 0 radical (unpaired) electrons. The minimum absolute atomic E-state index is 0.00340. The number of hydrogen-bond donors (Lipinski definition) is 2. The second kappa shape index (κ2) is 16.7. The Morgan fingerprint density at radius 2 is 0.985 bits per heavy atom. The third-order valence-corrected chi connectivity index (χ3v) is 13.5. The number of aromatic nitrogens is 6. The summed E-state index contributed by atoms with van der Waals surface area (Å²) in [4.78, 5) is 96.0. The lowest BCUT2D eigenvalue weighted by molar-refractivity contribution is -0.124. The number of nitrogens with zero attached hydrogens (tertiary/aromatic N) is 12. The Kier molecular flexibility index (Phi) is 10.7. The minimum Gasteiger partial charge on any atom is -0.479 e. The van der Waals surface area contributed by atoms with Crippen molar-refractivity contribution in [3.8, 4) is 23.1 Å². The van der Waals surface area contributed by atoms with Crippen LogP contribution < -0.4 is 19.6 Å². The molecule has 4 aromatic heterocycles. The lowest BCUT2D eigenvalue weighted by Gasteiger charge is -2.41. The maximum Gasteiger partial charge on any atom is 0.338 e. The highest BCUT2D eigenvalue weighted by Gasteiger charge is 2.63. The predicted molar refractivity (Wildman–Crippen MR) is 242 cm³/mol. The highest BCUT2D eigenvalue weighted by molar-refractivity contribution is 6.35.